The molecule has 0 aromatic carbocycles. The van der Waals surface area contributed by atoms with Gasteiger partial charge in [0.2, 0.25) is 10.0 Å². The van der Waals surface area contributed by atoms with E-state index in [2.05, 4.69) is 4.98 Å². The average molecular weight is 280 g/mol. The van der Waals surface area contributed by atoms with Crippen LogP contribution in [0.1, 0.15) is 18.4 Å². The standard InChI is InChI=1S/C10H11F3N2O2S/c11-10(12,13)8-3-4-14-7-9(8)18(16,17)15-5-1-2-6-15/h3-4,7H,1-2,5-6H2. The monoisotopic (exact) mass is 280 g/mol. The number of nitrogens with zero attached hydrogens (tertiary/aromatic N) is 2. The van der Waals surface area contributed by atoms with E-state index in [0.29, 0.717) is 18.9 Å². The third-order valence-corrected chi connectivity index (χ3v) is 4.70. The maximum atomic E-state index is 12.8. The fraction of sp³-hybridized carbons (Fsp3) is 0.500. The zero-order valence-electron chi connectivity index (χ0n) is 9.31. The molecule has 2 heterocycles. The summed E-state index contributed by atoms with van der Waals surface area (Å²) in [7, 11) is -4.10. The van der Waals surface area contributed by atoms with Crippen molar-refractivity contribution in [3.63, 3.8) is 0 Å². The van der Waals surface area contributed by atoms with Crippen molar-refractivity contribution < 1.29 is 21.6 Å². The smallest absolute Gasteiger partial charge is 0.263 e. The van der Waals surface area contributed by atoms with E-state index >= 15 is 0 Å². The third-order valence-electron chi connectivity index (χ3n) is 2.77. The molecule has 8 heteroatoms. The van der Waals surface area contributed by atoms with Crippen LogP contribution in [0.15, 0.2) is 23.4 Å². The van der Waals surface area contributed by atoms with Crippen molar-refractivity contribution in [2.24, 2.45) is 0 Å². The Hall–Kier alpha value is -1.15. The van der Waals surface area contributed by atoms with E-state index in [0.717, 1.165) is 16.7 Å². The van der Waals surface area contributed by atoms with Crippen LogP contribution in [0.25, 0.3) is 0 Å². The van der Waals surface area contributed by atoms with Crippen molar-refractivity contribution in [2.45, 2.75) is 23.9 Å². The van der Waals surface area contributed by atoms with Crippen LogP contribution in [0, 0.1) is 0 Å². The zero-order valence-corrected chi connectivity index (χ0v) is 10.1. The molecule has 0 aliphatic carbocycles. The predicted octanol–water partition coefficient (Wildman–Crippen LogP) is 1.88. The lowest BCUT2D eigenvalue weighted by atomic mass is 10.3. The van der Waals surface area contributed by atoms with E-state index in [-0.39, 0.29) is 13.1 Å². The highest BCUT2D eigenvalue weighted by atomic mass is 32.2. The number of halogens is 3. The lowest BCUT2D eigenvalue weighted by Gasteiger charge is -2.18. The fourth-order valence-electron chi connectivity index (χ4n) is 1.89. The summed E-state index contributed by atoms with van der Waals surface area (Å²) in [6.45, 7) is 0.517. The van der Waals surface area contributed by atoms with E-state index in [4.69, 9.17) is 0 Å². The van der Waals surface area contributed by atoms with Gasteiger partial charge in [-0.05, 0) is 18.9 Å². The van der Waals surface area contributed by atoms with Crippen molar-refractivity contribution in [1.82, 2.24) is 9.29 Å². The maximum absolute atomic E-state index is 12.8. The number of pyridine rings is 1. The second kappa shape index (κ2) is 4.51. The average Bonchev–Trinajstić information content (AvgIpc) is 2.82. The molecule has 0 saturated carbocycles. The Morgan fingerprint density at radius 1 is 1.22 bits per heavy atom. The molecule has 0 radical (unpaired) electrons. The number of hydrogen-bond acceptors (Lipinski definition) is 3. The quantitative estimate of drug-likeness (QED) is 0.831. The van der Waals surface area contributed by atoms with Gasteiger partial charge in [0.05, 0.1) is 5.56 Å². The van der Waals surface area contributed by atoms with E-state index in [1.165, 1.54) is 0 Å². The molecule has 1 aromatic heterocycles. The first-order chi connectivity index (χ1) is 8.33. The van der Waals surface area contributed by atoms with Crippen molar-refractivity contribution in [2.75, 3.05) is 13.1 Å². The molecule has 0 amide bonds. The topological polar surface area (TPSA) is 50.3 Å². The normalized spacial score (nSPS) is 18.2. The molecule has 1 fully saturated rings. The molecule has 0 unspecified atom stereocenters. The van der Waals surface area contributed by atoms with Crippen molar-refractivity contribution in [1.29, 1.82) is 0 Å². The molecular formula is C10H11F3N2O2S. The minimum Gasteiger partial charge on any atom is -0.263 e. The molecule has 0 atom stereocenters. The van der Waals surface area contributed by atoms with Crippen LogP contribution in [0.2, 0.25) is 0 Å². The lowest BCUT2D eigenvalue weighted by molar-refractivity contribution is -0.140. The summed E-state index contributed by atoms with van der Waals surface area (Å²) in [6, 6.07) is 0.683. The Balaban J connectivity index is 2.51. The highest BCUT2D eigenvalue weighted by Crippen LogP contribution is 2.35. The van der Waals surface area contributed by atoms with E-state index in [1.54, 1.807) is 0 Å². The molecule has 0 spiro atoms. The van der Waals surface area contributed by atoms with Gasteiger partial charge in [-0.15, -0.1) is 0 Å². The van der Waals surface area contributed by atoms with Gasteiger partial charge in [-0.2, -0.15) is 17.5 Å². The minimum atomic E-state index is -4.70. The Morgan fingerprint density at radius 2 is 1.83 bits per heavy atom. The van der Waals surface area contributed by atoms with Crippen LogP contribution in [0.4, 0.5) is 13.2 Å². The summed E-state index contributed by atoms with van der Waals surface area (Å²) >= 11 is 0. The van der Waals surface area contributed by atoms with Crippen LogP contribution in [0.5, 0.6) is 0 Å². The van der Waals surface area contributed by atoms with E-state index < -0.39 is 26.7 Å². The number of aromatic nitrogens is 1. The largest absolute Gasteiger partial charge is 0.417 e. The second-order valence-corrected chi connectivity index (χ2v) is 5.89. The molecule has 1 saturated heterocycles. The Labute approximate surface area is 102 Å². The van der Waals surface area contributed by atoms with Crippen LogP contribution >= 0.6 is 0 Å². The van der Waals surface area contributed by atoms with Gasteiger partial charge < -0.3 is 0 Å². The summed E-state index contributed by atoms with van der Waals surface area (Å²) in [6.07, 6.45) is -1.67. The third kappa shape index (κ3) is 2.35. The summed E-state index contributed by atoms with van der Waals surface area (Å²) in [5.41, 5.74) is -1.16. The Morgan fingerprint density at radius 3 is 2.39 bits per heavy atom. The van der Waals surface area contributed by atoms with Crippen molar-refractivity contribution >= 4 is 10.0 Å². The van der Waals surface area contributed by atoms with Gasteiger partial charge in [-0.25, -0.2) is 8.42 Å². The van der Waals surface area contributed by atoms with Crippen LogP contribution in [-0.2, 0) is 16.2 Å². The highest BCUT2D eigenvalue weighted by Gasteiger charge is 2.39. The summed E-state index contributed by atoms with van der Waals surface area (Å²) in [5.74, 6) is 0. The second-order valence-electron chi connectivity index (χ2n) is 3.98. The molecule has 1 aliphatic rings. The van der Waals surface area contributed by atoms with Gasteiger partial charge >= 0.3 is 6.18 Å². The van der Waals surface area contributed by atoms with Gasteiger partial charge in [0.25, 0.3) is 0 Å². The van der Waals surface area contributed by atoms with Gasteiger partial charge in [-0.3, -0.25) is 4.98 Å². The summed E-state index contributed by atoms with van der Waals surface area (Å²) < 4.78 is 63.5. The Bertz CT molecular complexity index is 536. The molecule has 1 aliphatic heterocycles. The predicted molar refractivity (Wildman–Crippen MR) is 57.2 cm³/mol. The first-order valence-corrected chi connectivity index (χ1v) is 6.79. The van der Waals surface area contributed by atoms with Crippen LogP contribution in [-0.4, -0.2) is 30.8 Å². The summed E-state index contributed by atoms with van der Waals surface area (Å²) in [4.78, 5) is 2.73. The van der Waals surface area contributed by atoms with Crippen molar-refractivity contribution in [3.8, 4) is 0 Å². The molecular weight excluding hydrogens is 269 g/mol. The minimum absolute atomic E-state index is 0.258. The van der Waals surface area contributed by atoms with Gasteiger partial charge in [0, 0.05) is 25.5 Å². The van der Waals surface area contributed by atoms with Gasteiger partial charge in [0.1, 0.15) is 4.90 Å². The molecule has 4 nitrogen and oxygen atoms in total. The van der Waals surface area contributed by atoms with E-state index in [9.17, 15) is 21.6 Å². The fourth-order valence-corrected chi connectivity index (χ4v) is 3.56. The van der Waals surface area contributed by atoms with Gasteiger partial charge in [0.15, 0.2) is 0 Å². The van der Waals surface area contributed by atoms with Crippen LogP contribution < -0.4 is 0 Å². The highest BCUT2D eigenvalue weighted by molar-refractivity contribution is 7.89. The van der Waals surface area contributed by atoms with Crippen molar-refractivity contribution in [3.05, 3.63) is 24.0 Å². The Kier molecular flexibility index (Phi) is 3.33. The lowest BCUT2D eigenvalue weighted by Crippen LogP contribution is -2.30. The molecule has 18 heavy (non-hydrogen) atoms. The first kappa shape index (κ1) is 13.3. The molecule has 1 aromatic rings. The SMILES string of the molecule is O=S(=O)(c1cnccc1C(F)(F)F)N1CCCC1. The molecule has 0 N–H and O–H groups in total. The molecule has 0 bridgehead atoms. The molecule has 2 rings (SSSR count). The van der Waals surface area contributed by atoms with E-state index in [1.807, 2.05) is 0 Å². The number of sulfonamides is 1. The number of alkyl halides is 3. The molecule has 100 valence electrons. The first-order valence-electron chi connectivity index (χ1n) is 5.35. The number of hydrogen-bond donors (Lipinski definition) is 0. The van der Waals surface area contributed by atoms with Gasteiger partial charge in [-0.1, -0.05) is 0 Å². The van der Waals surface area contributed by atoms with Crippen LogP contribution in [0.3, 0.4) is 0 Å². The summed E-state index contributed by atoms with van der Waals surface area (Å²) in [5, 5.41) is 0. The number of rotatable bonds is 2. The zero-order chi connectivity index (χ0) is 13.4. The maximum Gasteiger partial charge on any atom is 0.417 e.